The lowest BCUT2D eigenvalue weighted by Gasteiger charge is -1.93. The van der Waals surface area contributed by atoms with Gasteiger partial charge in [-0.1, -0.05) is 48.5 Å². The Morgan fingerprint density at radius 2 is 0.975 bits per heavy atom. The molecule has 0 saturated heterocycles. The molecular formula is C32H17NO4S3. The van der Waals surface area contributed by atoms with E-state index in [0.29, 0.717) is 22.3 Å². The highest BCUT2D eigenvalue weighted by Gasteiger charge is 2.33. The molecule has 7 rings (SSSR count). The van der Waals surface area contributed by atoms with Gasteiger partial charge in [0.2, 0.25) is 0 Å². The lowest BCUT2D eigenvalue weighted by Crippen LogP contribution is -1.99. The number of benzene rings is 2. The fraction of sp³-hybridized carbons (Fsp3) is 0.0312. The largest absolute Gasteiger partial charge is 0.288 e. The highest BCUT2D eigenvalue weighted by atomic mass is 32.1. The molecule has 8 heteroatoms. The molecule has 0 atom stereocenters. The van der Waals surface area contributed by atoms with Crippen LogP contribution < -0.4 is 0 Å². The zero-order valence-corrected chi connectivity index (χ0v) is 23.3. The number of hydrogen-bond donors (Lipinski definition) is 0. The second-order valence-electron chi connectivity index (χ2n) is 9.36. The SMILES string of the molecule is Cc1nc(-c2ccc(C=C3C(=O)c4ccccc4C3=O)s2)sc1-c1ccc(C=C2C(=O)c3ccccc3C2=O)s1. The van der Waals surface area contributed by atoms with Crippen molar-refractivity contribution in [1.29, 1.82) is 0 Å². The van der Waals surface area contributed by atoms with Gasteiger partial charge < -0.3 is 0 Å². The summed E-state index contributed by atoms with van der Waals surface area (Å²) in [4.78, 5) is 60.5. The van der Waals surface area contributed by atoms with Crippen LogP contribution in [-0.4, -0.2) is 28.1 Å². The molecule has 0 aliphatic heterocycles. The minimum atomic E-state index is -0.240. The maximum atomic E-state index is 12.8. The quantitative estimate of drug-likeness (QED) is 0.161. The van der Waals surface area contributed by atoms with Crippen molar-refractivity contribution in [1.82, 2.24) is 4.98 Å². The van der Waals surface area contributed by atoms with Crippen LogP contribution >= 0.6 is 34.0 Å². The third-order valence-electron chi connectivity index (χ3n) is 6.87. The molecule has 192 valence electrons. The maximum Gasteiger partial charge on any atom is 0.197 e. The van der Waals surface area contributed by atoms with Crippen molar-refractivity contribution in [2.45, 2.75) is 6.92 Å². The minimum absolute atomic E-state index is 0.188. The van der Waals surface area contributed by atoms with Crippen LogP contribution in [0.2, 0.25) is 0 Å². The van der Waals surface area contributed by atoms with E-state index in [1.54, 1.807) is 72.0 Å². The van der Waals surface area contributed by atoms with E-state index < -0.39 is 0 Å². The van der Waals surface area contributed by atoms with Crippen LogP contribution in [0.25, 0.3) is 31.8 Å². The van der Waals surface area contributed by atoms with Gasteiger partial charge in [0.15, 0.2) is 23.1 Å². The number of thiophene rings is 2. The predicted octanol–water partition coefficient (Wildman–Crippen LogP) is 7.83. The van der Waals surface area contributed by atoms with E-state index in [4.69, 9.17) is 4.98 Å². The van der Waals surface area contributed by atoms with Gasteiger partial charge >= 0.3 is 0 Å². The molecule has 0 radical (unpaired) electrons. The number of nitrogens with zero attached hydrogens (tertiary/aromatic N) is 1. The predicted molar refractivity (Wildman–Crippen MR) is 160 cm³/mol. The van der Waals surface area contributed by atoms with Gasteiger partial charge in [-0.25, -0.2) is 4.98 Å². The maximum absolute atomic E-state index is 12.8. The molecule has 0 amide bonds. The Morgan fingerprint density at radius 3 is 1.45 bits per heavy atom. The van der Waals surface area contributed by atoms with Gasteiger partial charge in [0.25, 0.3) is 0 Å². The van der Waals surface area contributed by atoms with Crippen molar-refractivity contribution in [3.8, 4) is 19.6 Å². The van der Waals surface area contributed by atoms with Gasteiger partial charge in [-0.05, 0) is 43.3 Å². The van der Waals surface area contributed by atoms with Gasteiger partial charge in [-0.3, -0.25) is 19.2 Å². The number of rotatable bonds is 4. The topological polar surface area (TPSA) is 81.2 Å². The highest BCUT2D eigenvalue weighted by molar-refractivity contribution is 7.26. The van der Waals surface area contributed by atoms with Crippen molar-refractivity contribution >= 4 is 69.3 Å². The molecule has 5 aromatic rings. The van der Waals surface area contributed by atoms with E-state index in [-0.39, 0.29) is 34.3 Å². The fourth-order valence-corrected chi connectivity index (χ4v) is 8.11. The normalized spacial score (nSPS) is 14.2. The zero-order chi connectivity index (χ0) is 27.5. The second kappa shape index (κ2) is 9.38. The summed E-state index contributed by atoms with van der Waals surface area (Å²) in [6.07, 6.45) is 3.35. The first kappa shape index (κ1) is 24.7. The molecule has 0 spiro atoms. The average Bonchev–Trinajstić information content (AvgIpc) is 3.78. The molecule has 0 N–H and O–H groups in total. The molecule has 40 heavy (non-hydrogen) atoms. The first-order valence-electron chi connectivity index (χ1n) is 12.4. The van der Waals surface area contributed by atoms with Gasteiger partial charge in [0, 0.05) is 36.9 Å². The van der Waals surface area contributed by atoms with Gasteiger partial charge in [-0.2, -0.15) is 0 Å². The third-order valence-corrected chi connectivity index (χ3v) is 10.4. The summed E-state index contributed by atoms with van der Waals surface area (Å²) in [7, 11) is 0. The van der Waals surface area contributed by atoms with Gasteiger partial charge in [0.05, 0.1) is 26.6 Å². The molecule has 2 aliphatic carbocycles. The van der Waals surface area contributed by atoms with E-state index in [1.165, 1.54) is 22.7 Å². The molecular weight excluding hydrogens is 559 g/mol. The number of aryl methyl sites for hydroxylation is 1. The Morgan fingerprint density at radius 1 is 0.550 bits per heavy atom. The summed E-state index contributed by atoms with van der Waals surface area (Å²) < 4.78 is 0. The molecule has 0 bridgehead atoms. The lowest BCUT2D eigenvalue weighted by atomic mass is 10.1. The van der Waals surface area contributed by atoms with Crippen molar-refractivity contribution in [3.63, 3.8) is 0 Å². The Labute approximate surface area is 240 Å². The molecule has 0 unspecified atom stereocenters. The number of hydrogen-bond acceptors (Lipinski definition) is 8. The number of carbonyl (C=O) groups is 4. The first-order valence-corrected chi connectivity index (χ1v) is 14.8. The van der Waals surface area contributed by atoms with Crippen LogP contribution in [0, 0.1) is 6.92 Å². The van der Waals surface area contributed by atoms with E-state index in [2.05, 4.69) is 0 Å². The second-order valence-corrected chi connectivity index (χ2v) is 12.6. The first-order chi connectivity index (χ1) is 19.4. The standard InChI is InChI=1S/C32H17NO4S3/c1-16-31(25-12-10-17(38-25)14-23-27(34)19-6-2-3-7-20(19)28(23)35)40-32(33-16)26-13-11-18(39-26)15-24-29(36)21-8-4-5-9-22(21)30(24)37/h2-15H,1H3. The number of allylic oxidation sites excluding steroid dienone is 2. The van der Waals surface area contributed by atoms with Crippen LogP contribution in [0.3, 0.4) is 0 Å². The van der Waals surface area contributed by atoms with Gasteiger partial charge in [0.1, 0.15) is 5.01 Å². The number of Topliss-reactive ketones (excluding diaryl/α,β-unsaturated/α-hetero) is 4. The number of ketones is 4. The van der Waals surface area contributed by atoms with E-state index in [1.807, 2.05) is 31.2 Å². The molecule has 0 fully saturated rings. The van der Waals surface area contributed by atoms with Crippen LogP contribution in [0.4, 0.5) is 0 Å². The van der Waals surface area contributed by atoms with E-state index in [9.17, 15) is 19.2 Å². The minimum Gasteiger partial charge on any atom is -0.288 e. The smallest absolute Gasteiger partial charge is 0.197 e. The molecule has 0 saturated carbocycles. The summed E-state index contributed by atoms with van der Waals surface area (Å²) in [6.45, 7) is 1.96. The highest BCUT2D eigenvalue weighted by Crippen LogP contribution is 2.42. The van der Waals surface area contributed by atoms with Crippen LogP contribution in [0.15, 0.2) is 83.9 Å². The van der Waals surface area contributed by atoms with Gasteiger partial charge in [-0.15, -0.1) is 34.0 Å². The molecule has 5 nitrogen and oxygen atoms in total. The van der Waals surface area contributed by atoms with Crippen molar-refractivity contribution in [2.75, 3.05) is 0 Å². The Bertz CT molecular complexity index is 1920. The van der Waals surface area contributed by atoms with Crippen LogP contribution in [0.5, 0.6) is 0 Å². The van der Waals surface area contributed by atoms with Crippen LogP contribution in [0.1, 0.15) is 56.9 Å². The van der Waals surface area contributed by atoms with Crippen molar-refractivity contribution in [2.24, 2.45) is 0 Å². The monoisotopic (exact) mass is 575 g/mol. The Kier molecular flexibility index (Phi) is 5.78. The molecule has 2 aromatic carbocycles. The summed E-state index contributed by atoms with van der Waals surface area (Å²) in [5.74, 6) is -0.951. The fourth-order valence-electron chi connectivity index (χ4n) is 4.92. The van der Waals surface area contributed by atoms with E-state index in [0.717, 1.165) is 35.1 Å². The molecule has 3 heterocycles. The summed E-state index contributed by atoms with van der Waals surface area (Å²) >= 11 is 4.55. The summed E-state index contributed by atoms with van der Waals surface area (Å²) in [6, 6.07) is 21.6. The van der Waals surface area contributed by atoms with Crippen LogP contribution in [-0.2, 0) is 0 Å². The molecule has 2 aliphatic rings. The summed E-state index contributed by atoms with van der Waals surface area (Å²) in [5.41, 5.74) is 3.07. The van der Waals surface area contributed by atoms with E-state index >= 15 is 0 Å². The number of fused-ring (bicyclic) bond motifs is 2. The van der Waals surface area contributed by atoms with Crippen molar-refractivity contribution < 1.29 is 19.2 Å². The Hall–Kier alpha value is -4.37. The van der Waals surface area contributed by atoms with Crippen molar-refractivity contribution in [3.05, 3.63) is 122 Å². The number of aromatic nitrogens is 1. The average molecular weight is 576 g/mol. The Balaban J connectivity index is 1.15. The summed E-state index contributed by atoms with van der Waals surface area (Å²) in [5, 5.41) is 0.847. The third kappa shape index (κ3) is 3.92. The lowest BCUT2D eigenvalue weighted by molar-refractivity contribution is 0.0975. The number of carbonyl (C=O) groups excluding carboxylic acids is 4. The molecule has 3 aromatic heterocycles. The zero-order valence-electron chi connectivity index (χ0n) is 20.9. The number of thiazole rings is 1.